The van der Waals surface area contributed by atoms with Gasteiger partial charge in [-0.15, -0.1) is 0 Å². The van der Waals surface area contributed by atoms with E-state index in [2.05, 4.69) is 35.2 Å². The van der Waals surface area contributed by atoms with Gasteiger partial charge in [-0.1, -0.05) is 29.8 Å². The van der Waals surface area contributed by atoms with Crippen LogP contribution < -0.4 is 4.74 Å². The van der Waals surface area contributed by atoms with Crippen molar-refractivity contribution in [1.82, 2.24) is 14.8 Å². The van der Waals surface area contributed by atoms with Crippen molar-refractivity contribution in [1.29, 1.82) is 0 Å². The van der Waals surface area contributed by atoms with Gasteiger partial charge in [0, 0.05) is 17.1 Å². The Bertz CT molecular complexity index is 1110. The SMILES string of the molecule is Cc1ccc2[nH]cc(CCCOc3c(C(=O)O)cnn3-c3ccccc3)c2c1. The number of fused-ring (bicyclic) bond motifs is 1. The van der Waals surface area contributed by atoms with Gasteiger partial charge in [-0.05, 0) is 49.6 Å². The van der Waals surface area contributed by atoms with E-state index in [0.717, 1.165) is 24.0 Å². The number of benzene rings is 2. The number of aromatic nitrogens is 3. The third-order valence-electron chi connectivity index (χ3n) is 4.71. The van der Waals surface area contributed by atoms with Gasteiger partial charge in [0.05, 0.1) is 18.5 Å². The molecule has 142 valence electrons. The molecule has 2 aromatic carbocycles. The van der Waals surface area contributed by atoms with Crippen molar-refractivity contribution < 1.29 is 14.6 Å². The molecule has 0 aliphatic rings. The van der Waals surface area contributed by atoms with E-state index in [1.165, 1.54) is 27.4 Å². The molecule has 28 heavy (non-hydrogen) atoms. The number of aromatic carboxylic acids is 1. The number of para-hydroxylation sites is 1. The smallest absolute Gasteiger partial charge is 0.342 e. The van der Waals surface area contributed by atoms with E-state index in [0.29, 0.717) is 6.61 Å². The number of hydrogen-bond acceptors (Lipinski definition) is 3. The maximum Gasteiger partial charge on any atom is 0.342 e. The highest BCUT2D eigenvalue weighted by molar-refractivity contribution is 5.90. The Morgan fingerprint density at radius 2 is 2.04 bits per heavy atom. The summed E-state index contributed by atoms with van der Waals surface area (Å²) in [4.78, 5) is 14.8. The van der Waals surface area contributed by atoms with Gasteiger partial charge in [-0.25, -0.2) is 9.48 Å². The summed E-state index contributed by atoms with van der Waals surface area (Å²) in [6.45, 7) is 2.48. The molecular weight excluding hydrogens is 354 g/mol. The Morgan fingerprint density at radius 3 is 2.82 bits per heavy atom. The van der Waals surface area contributed by atoms with Gasteiger partial charge in [-0.3, -0.25) is 0 Å². The van der Waals surface area contributed by atoms with Crippen LogP contribution in [0.3, 0.4) is 0 Å². The second kappa shape index (κ2) is 7.60. The highest BCUT2D eigenvalue weighted by Crippen LogP contribution is 2.24. The second-order valence-corrected chi connectivity index (χ2v) is 6.73. The molecule has 2 heterocycles. The molecule has 6 heteroatoms. The molecule has 2 aromatic heterocycles. The summed E-state index contributed by atoms with van der Waals surface area (Å²) in [7, 11) is 0. The maximum absolute atomic E-state index is 11.5. The molecule has 4 aromatic rings. The van der Waals surface area contributed by atoms with Crippen LogP contribution >= 0.6 is 0 Å². The van der Waals surface area contributed by atoms with Crippen LogP contribution in [0.1, 0.15) is 27.9 Å². The largest absolute Gasteiger partial charge is 0.477 e. The summed E-state index contributed by atoms with van der Waals surface area (Å²) < 4.78 is 7.39. The van der Waals surface area contributed by atoms with Gasteiger partial charge in [0.2, 0.25) is 5.88 Å². The molecule has 0 fully saturated rings. The average Bonchev–Trinajstić information content (AvgIpc) is 3.30. The predicted molar refractivity (Wildman–Crippen MR) is 107 cm³/mol. The summed E-state index contributed by atoms with van der Waals surface area (Å²) in [5, 5.41) is 14.9. The van der Waals surface area contributed by atoms with Crippen molar-refractivity contribution in [2.75, 3.05) is 6.61 Å². The minimum Gasteiger partial charge on any atom is -0.477 e. The number of ether oxygens (including phenoxy) is 1. The zero-order valence-electron chi connectivity index (χ0n) is 15.6. The molecule has 4 rings (SSSR count). The number of nitrogens with one attached hydrogen (secondary N) is 1. The number of aryl methyl sites for hydroxylation is 2. The summed E-state index contributed by atoms with van der Waals surface area (Å²) in [5.41, 5.74) is 4.40. The average molecular weight is 375 g/mol. The van der Waals surface area contributed by atoms with Crippen molar-refractivity contribution in [2.45, 2.75) is 19.8 Å². The third-order valence-corrected chi connectivity index (χ3v) is 4.71. The van der Waals surface area contributed by atoms with Crippen molar-refractivity contribution in [3.05, 3.63) is 77.6 Å². The molecule has 0 aliphatic carbocycles. The van der Waals surface area contributed by atoms with Crippen molar-refractivity contribution >= 4 is 16.9 Å². The van der Waals surface area contributed by atoms with Crippen LogP contribution in [0.5, 0.6) is 5.88 Å². The molecule has 0 bridgehead atoms. The Hall–Kier alpha value is -3.54. The maximum atomic E-state index is 11.5. The molecule has 0 spiro atoms. The fourth-order valence-corrected chi connectivity index (χ4v) is 3.31. The lowest BCUT2D eigenvalue weighted by Crippen LogP contribution is -2.08. The van der Waals surface area contributed by atoms with E-state index in [9.17, 15) is 9.90 Å². The first-order chi connectivity index (χ1) is 13.6. The van der Waals surface area contributed by atoms with E-state index in [-0.39, 0.29) is 11.4 Å². The monoisotopic (exact) mass is 375 g/mol. The molecular formula is C22H21N3O3. The standard InChI is InChI=1S/C22H21N3O3/c1-15-9-10-20-18(12-15)16(13-23-20)6-5-11-28-21-19(22(26)27)14-24-25(21)17-7-3-2-4-8-17/h2-4,7-10,12-14,23H,5-6,11H2,1H3,(H,26,27). The lowest BCUT2D eigenvalue weighted by atomic mass is 10.1. The Kier molecular flexibility index (Phi) is 4.85. The van der Waals surface area contributed by atoms with E-state index in [4.69, 9.17) is 4.74 Å². The van der Waals surface area contributed by atoms with Gasteiger partial charge in [0.1, 0.15) is 5.56 Å². The Balaban J connectivity index is 1.48. The summed E-state index contributed by atoms with van der Waals surface area (Å²) in [5.74, 6) is -0.794. The van der Waals surface area contributed by atoms with Crippen LogP contribution in [0.25, 0.3) is 16.6 Å². The van der Waals surface area contributed by atoms with Gasteiger partial charge < -0.3 is 14.8 Å². The summed E-state index contributed by atoms with van der Waals surface area (Å²) in [6, 6.07) is 15.7. The number of rotatable bonds is 7. The van der Waals surface area contributed by atoms with E-state index in [1.807, 2.05) is 36.5 Å². The van der Waals surface area contributed by atoms with Crippen LogP contribution in [0.15, 0.2) is 60.9 Å². The van der Waals surface area contributed by atoms with Crippen LogP contribution in [-0.4, -0.2) is 32.4 Å². The molecule has 0 saturated heterocycles. The number of aromatic amines is 1. The van der Waals surface area contributed by atoms with Crippen LogP contribution in [0, 0.1) is 6.92 Å². The number of hydrogen-bond donors (Lipinski definition) is 2. The van der Waals surface area contributed by atoms with Crippen LogP contribution in [0.2, 0.25) is 0 Å². The minimum atomic E-state index is -1.05. The first kappa shape index (κ1) is 17.9. The van der Waals surface area contributed by atoms with Gasteiger partial charge in [0.25, 0.3) is 0 Å². The summed E-state index contributed by atoms with van der Waals surface area (Å²) in [6.07, 6.45) is 4.96. The van der Waals surface area contributed by atoms with Gasteiger partial charge in [0.15, 0.2) is 0 Å². The molecule has 0 atom stereocenters. The van der Waals surface area contributed by atoms with Crippen molar-refractivity contribution in [3.8, 4) is 11.6 Å². The molecule has 2 N–H and O–H groups in total. The lowest BCUT2D eigenvalue weighted by Gasteiger charge is -2.10. The number of carbonyl (C=O) groups is 1. The first-order valence-corrected chi connectivity index (χ1v) is 9.19. The number of carboxylic acid groups (broad SMARTS) is 1. The fourth-order valence-electron chi connectivity index (χ4n) is 3.31. The molecule has 6 nitrogen and oxygen atoms in total. The van der Waals surface area contributed by atoms with E-state index >= 15 is 0 Å². The van der Waals surface area contributed by atoms with E-state index < -0.39 is 5.97 Å². The van der Waals surface area contributed by atoms with Gasteiger partial charge >= 0.3 is 5.97 Å². The number of H-pyrrole nitrogens is 1. The first-order valence-electron chi connectivity index (χ1n) is 9.19. The highest BCUT2D eigenvalue weighted by Gasteiger charge is 2.19. The molecule has 0 aliphatic heterocycles. The topological polar surface area (TPSA) is 80.1 Å². The van der Waals surface area contributed by atoms with Crippen molar-refractivity contribution in [2.24, 2.45) is 0 Å². The van der Waals surface area contributed by atoms with E-state index in [1.54, 1.807) is 0 Å². The van der Waals surface area contributed by atoms with Crippen molar-refractivity contribution in [3.63, 3.8) is 0 Å². The highest BCUT2D eigenvalue weighted by atomic mass is 16.5. The van der Waals surface area contributed by atoms with Crippen LogP contribution in [0.4, 0.5) is 0 Å². The molecule has 0 amide bonds. The second-order valence-electron chi connectivity index (χ2n) is 6.73. The molecule has 0 saturated carbocycles. The fraction of sp³-hybridized carbons (Fsp3) is 0.182. The summed E-state index contributed by atoms with van der Waals surface area (Å²) >= 11 is 0. The molecule has 0 unspecified atom stereocenters. The normalized spacial score (nSPS) is 11.0. The Morgan fingerprint density at radius 1 is 1.21 bits per heavy atom. The zero-order valence-corrected chi connectivity index (χ0v) is 15.6. The lowest BCUT2D eigenvalue weighted by molar-refractivity contribution is 0.0692. The van der Waals surface area contributed by atoms with Gasteiger partial charge in [-0.2, -0.15) is 5.10 Å². The predicted octanol–water partition coefficient (Wildman–Crippen LogP) is 4.37. The number of nitrogens with zero attached hydrogens (tertiary/aromatic N) is 2. The molecule has 0 radical (unpaired) electrons. The number of carboxylic acids is 1. The third kappa shape index (κ3) is 3.49. The zero-order chi connectivity index (χ0) is 19.5. The van der Waals surface area contributed by atoms with Crippen LogP contribution in [-0.2, 0) is 6.42 Å². The quantitative estimate of drug-likeness (QED) is 0.470. The Labute approximate surface area is 162 Å². The minimum absolute atomic E-state index is 0.0616.